The number of carbonyl (C=O) groups excluding carboxylic acids is 1. The first kappa shape index (κ1) is 24.1. The van der Waals surface area contributed by atoms with Gasteiger partial charge in [0.05, 0.1) is 12.2 Å². The molecule has 0 fully saturated rings. The summed E-state index contributed by atoms with van der Waals surface area (Å²) in [6.45, 7) is 3.09. The van der Waals surface area contributed by atoms with Crippen LogP contribution in [0, 0.1) is 0 Å². The van der Waals surface area contributed by atoms with Crippen molar-refractivity contribution in [2.24, 2.45) is 0 Å². The third-order valence-corrected chi connectivity index (χ3v) is 5.20. The molecule has 0 bridgehead atoms. The lowest BCUT2D eigenvalue weighted by Crippen LogP contribution is -2.26. The van der Waals surface area contributed by atoms with E-state index in [-0.39, 0.29) is 11.7 Å². The summed E-state index contributed by atoms with van der Waals surface area (Å²) in [5.74, 6) is 0.575. The Morgan fingerprint density at radius 1 is 1.00 bits per heavy atom. The van der Waals surface area contributed by atoms with E-state index < -0.39 is 6.16 Å². The molecule has 0 aliphatic rings. The molecule has 7 heteroatoms. The molecule has 0 aliphatic carbocycles. The molecule has 33 heavy (non-hydrogen) atoms. The molecule has 0 heterocycles. The van der Waals surface area contributed by atoms with Crippen LogP contribution in [-0.4, -0.2) is 30.3 Å². The van der Waals surface area contributed by atoms with E-state index >= 15 is 0 Å². The van der Waals surface area contributed by atoms with Crippen molar-refractivity contribution in [3.05, 3.63) is 82.9 Å². The number of hydrogen-bond acceptors (Lipinski definition) is 4. The second-order valence-electron chi connectivity index (χ2n) is 7.44. The predicted octanol–water partition coefficient (Wildman–Crippen LogP) is 6.22. The minimum Gasteiger partial charge on any atom is -0.493 e. The van der Waals surface area contributed by atoms with E-state index in [4.69, 9.17) is 26.2 Å². The Kier molecular flexibility index (Phi) is 8.72. The van der Waals surface area contributed by atoms with Gasteiger partial charge in [-0.1, -0.05) is 61.3 Å². The molecule has 6 nitrogen and oxygen atoms in total. The van der Waals surface area contributed by atoms with Gasteiger partial charge in [-0.15, -0.1) is 0 Å². The van der Waals surface area contributed by atoms with Crippen LogP contribution in [0.1, 0.15) is 35.7 Å². The molecule has 0 saturated heterocycles. The molecular weight excluding hydrogens is 442 g/mol. The van der Waals surface area contributed by atoms with Crippen LogP contribution in [-0.2, 0) is 6.42 Å². The Labute approximate surface area is 198 Å². The lowest BCUT2D eigenvalue weighted by Gasteiger charge is -2.12. The van der Waals surface area contributed by atoms with Crippen LogP contribution in [0.2, 0.25) is 5.02 Å². The van der Waals surface area contributed by atoms with E-state index in [9.17, 15) is 9.59 Å². The largest absolute Gasteiger partial charge is 0.511 e. The fourth-order valence-corrected chi connectivity index (χ4v) is 3.42. The quantitative estimate of drug-likeness (QED) is 0.210. The monoisotopic (exact) mass is 467 g/mol. The summed E-state index contributed by atoms with van der Waals surface area (Å²) in [7, 11) is 0. The van der Waals surface area contributed by atoms with Crippen molar-refractivity contribution in [2.75, 3.05) is 13.2 Å². The maximum atomic E-state index is 12.7. The molecule has 0 atom stereocenters. The summed E-state index contributed by atoms with van der Waals surface area (Å²) in [6.07, 6.45) is 1.23. The number of amides is 1. The fourth-order valence-electron chi connectivity index (χ4n) is 3.25. The lowest BCUT2D eigenvalue weighted by molar-refractivity contribution is 0.0949. The van der Waals surface area contributed by atoms with Gasteiger partial charge in [0.1, 0.15) is 11.5 Å². The molecule has 0 radical (unpaired) electrons. The predicted molar refractivity (Wildman–Crippen MR) is 128 cm³/mol. The first-order valence-corrected chi connectivity index (χ1v) is 11.1. The summed E-state index contributed by atoms with van der Waals surface area (Å²) in [5, 5.41) is 12.2. The third-order valence-electron chi connectivity index (χ3n) is 4.97. The molecule has 172 valence electrons. The number of carbonyl (C=O) groups is 2. The van der Waals surface area contributed by atoms with Gasteiger partial charge in [0, 0.05) is 11.6 Å². The van der Waals surface area contributed by atoms with Crippen molar-refractivity contribution in [1.82, 2.24) is 5.32 Å². The van der Waals surface area contributed by atoms with E-state index in [0.717, 1.165) is 29.5 Å². The highest BCUT2D eigenvalue weighted by molar-refractivity contribution is 6.31. The van der Waals surface area contributed by atoms with Crippen LogP contribution in [0.25, 0.3) is 11.1 Å². The summed E-state index contributed by atoms with van der Waals surface area (Å²) in [5.41, 5.74) is 3.27. The average Bonchev–Trinajstić information content (AvgIpc) is 2.80. The summed E-state index contributed by atoms with van der Waals surface area (Å²) >= 11 is 6.08. The van der Waals surface area contributed by atoms with Crippen molar-refractivity contribution >= 4 is 23.7 Å². The molecule has 3 aromatic carbocycles. The Morgan fingerprint density at radius 2 is 1.79 bits per heavy atom. The average molecular weight is 468 g/mol. The van der Waals surface area contributed by atoms with Gasteiger partial charge in [0.15, 0.2) is 0 Å². The maximum Gasteiger partial charge on any atom is 0.511 e. The second-order valence-corrected chi connectivity index (χ2v) is 7.88. The van der Waals surface area contributed by atoms with Gasteiger partial charge in [-0.3, -0.25) is 4.79 Å². The molecule has 0 spiro atoms. The van der Waals surface area contributed by atoms with Gasteiger partial charge in [-0.25, -0.2) is 4.79 Å². The van der Waals surface area contributed by atoms with Gasteiger partial charge < -0.3 is 19.9 Å². The highest BCUT2D eigenvalue weighted by Gasteiger charge is 2.13. The Hall–Kier alpha value is -3.51. The second kappa shape index (κ2) is 11.9. The SMILES string of the molecule is CCCCOc1ccc(Cl)cc1C(=O)NCCc1ccc(-c2cccc(OC(=O)O)c2)cc1. The van der Waals surface area contributed by atoms with Gasteiger partial charge in [0.25, 0.3) is 5.91 Å². The third kappa shape index (κ3) is 7.26. The zero-order valence-corrected chi connectivity index (χ0v) is 19.1. The molecule has 2 N–H and O–H groups in total. The standard InChI is InChI=1S/C26H26ClNO5/c1-2-3-15-32-24-12-11-21(27)17-23(24)25(29)28-14-13-18-7-9-19(10-8-18)20-5-4-6-22(16-20)33-26(30)31/h4-12,16-17H,2-3,13-15H2,1H3,(H,28,29)(H,30,31). The van der Waals surface area contributed by atoms with E-state index in [1.807, 2.05) is 30.3 Å². The van der Waals surface area contributed by atoms with Crippen LogP contribution in [0.4, 0.5) is 4.79 Å². The van der Waals surface area contributed by atoms with Gasteiger partial charge >= 0.3 is 6.16 Å². The van der Waals surface area contributed by atoms with E-state index in [0.29, 0.717) is 35.9 Å². The zero-order valence-electron chi connectivity index (χ0n) is 18.3. The van der Waals surface area contributed by atoms with Crippen LogP contribution < -0.4 is 14.8 Å². The number of hydrogen-bond donors (Lipinski definition) is 2. The zero-order chi connectivity index (χ0) is 23.6. The van der Waals surface area contributed by atoms with Crippen LogP contribution in [0.3, 0.4) is 0 Å². The number of halogens is 1. The first-order chi connectivity index (χ1) is 16.0. The number of benzene rings is 3. The van der Waals surface area contributed by atoms with Crippen molar-refractivity contribution in [3.8, 4) is 22.6 Å². The number of unbranched alkanes of at least 4 members (excludes halogenated alkanes) is 1. The summed E-state index contributed by atoms with van der Waals surface area (Å²) in [4.78, 5) is 23.4. The van der Waals surface area contributed by atoms with Gasteiger partial charge in [-0.05, 0) is 59.9 Å². The summed E-state index contributed by atoms with van der Waals surface area (Å²) in [6, 6.07) is 19.8. The highest BCUT2D eigenvalue weighted by atomic mass is 35.5. The molecule has 3 aromatic rings. The molecule has 0 saturated carbocycles. The molecule has 0 unspecified atom stereocenters. The Balaban J connectivity index is 1.58. The van der Waals surface area contributed by atoms with Gasteiger partial charge in [0.2, 0.25) is 0 Å². The lowest BCUT2D eigenvalue weighted by atomic mass is 10.0. The summed E-state index contributed by atoms with van der Waals surface area (Å²) < 4.78 is 10.5. The van der Waals surface area contributed by atoms with Crippen LogP contribution in [0.15, 0.2) is 66.7 Å². The van der Waals surface area contributed by atoms with Crippen molar-refractivity contribution in [2.45, 2.75) is 26.2 Å². The Bertz CT molecular complexity index is 1100. The van der Waals surface area contributed by atoms with Crippen LogP contribution >= 0.6 is 11.6 Å². The molecular formula is C26H26ClNO5. The topological polar surface area (TPSA) is 84.9 Å². The number of nitrogens with one attached hydrogen (secondary N) is 1. The van der Waals surface area contributed by atoms with E-state index in [1.165, 1.54) is 0 Å². The normalized spacial score (nSPS) is 10.5. The minimum absolute atomic E-state index is 0.226. The molecule has 1 amide bonds. The van der Waals surface area contributed by atoms with Crippen molar-refractivity contribution < 1.29 is 24.2 Å². The van der Waals surface area contributed by atoms with Crippen LogP contribution in [0.5, 0.6) is 11.5 Å². The van der Waals surface area contributed by atoms with Gasteiger partial charge in [-0.2, -0.15) is 0 Å². The number of rotatable bonds is 10. The van der Waals surface area contributed by atoms with Crippen molar-refractivity contribution in [1.29, 1.82) is 0 Å². The smallest absolute Gasteiger partial charge is 0.493 e. The highest BCUT2D eigenvalue weighted by Crippen LogP contribution is 2.25. The molecule has 3 rings (SSSR count). The van der Waals surface area contributed by atoms with Crippen molar-refractivity contribution in [3.63, 3.8) is 0 Å². The Morgan fingerprint density at radius 3 is 2.52 bits per heavy atom. The maximum absolute atomic E-state index is 12.7. The fraction of sp³-hybridized carbons (Fsp3) is 0.231. The molecule has 0 aliphatic heterocycles. The van der Waals surface area contributed by atoms with E-state index in [2.05, 4.69) is 12.2 Å². The number of carboxylic acid groups (broad SMARTS) is 1. The first-order valence-electron chi connectivity index (χ1n) is 10.8. The minimum atomic E-state index is -1.35. The van der Waals surface area contributed by atoms with E-state index in [1.54, 1.807) is 36.4 Å². The number of ether oxygens (including phenoxy) is 2. The molecule has 0 aromatic heterocycles.